The van der Waals surface area contributed by atoms with Crippen molar-refractivity contribution in [3.8, 4) is 0 Å². The molecule has 0 bridgehead atoms. The molecule has 1 unspecified atom stereocenters. The quantitative estimate of drug-likeness (QED) is 0.676. The van der Waals surface area contributed by atoms with Crippen molar-refractivity contribution in [2.45, 2.75) is 51.2 Å². The first-order valence-electron chi connectivity index (χ1n) is 7.30. The summed E-state index contributed by atoms with van der Waals surface area (Å²) in [7, 11) is 0. The lowest BCUT2D eigenvalue weighted by atomic mass is 9.97. The molecule has 1 atom stereocenters. The van der Waals surface area contributed by atoms with E-state index in [4.69, 9.17) is 5.73 Å². The van der Waals surface area contributed by atoms with Crippen molar-refractivity contribution >= 4 is 5.91 Å². The SMILES string of the molecule is CCC(O)(CC)CNC(=O)C(N)CCc1ccccc1. The van der Waals surface area contributed by atoms with Crippen LogP contribution in [0.25, 0.3) is 0 Å². The van der Waals surface area contributed by atoms with Gasteiger partial charge in [-0.2, -0.15) is 0 Å². The van der Waals surface area contributed by atoms with Crippen LogP contribution in [0.5, 0.6) is 0 Å². The fraction of sp³-hybridized carbons (Fsp3) is 0.562. The number of nitrogens with two attached hydrogens (primary N) is 1. The van der Waals surface area contributed by atoms with Gasteiger partial charge in [0.05, 0.1) is 11.6 Å². The van der Waals surface area contributed by atoms with Crippen LogP contribution in [0.4, 0.5) is 0 Å². The summed E-state index contributed by atoms with van der Waals surface area (Å²) in [6.45, 7) is 4.08. The van der Waals surface area contributed by atoms with E-state index in [0.717, 1.165) is 6.42 Å². The van der Waals surface area contributed by atoms with E-state index < -0.39 is 11.6 Å². The molecular weight excluding hydrogens is 252 g/mol. The summed E-state index contributed by atoms with van der Waals surface area (Å²) in [6.07, 6.45) is 2.61. The minimum absolute atomic E-state index is 0.193. The number of aryl methyl sites for hydroxylation is 1. The van der Waals surface area contributed by atoms with E-state index in [1.54, 1.807) is 0 Å². The van der Waals surface area contributed by atoms with Crippen LogP contribution < -0.4 is 11.1 Å². The smallest absolute Gasteiger partial charge is 0.237 e. The van der Waals surface area contributed by atoms with Crippen molar-refractivity contribution in [3.05, 3.63) is 35.9 Å². The Labute approximate surface area is 121 Å². The van der Waals surface area contributed by atoms with Crippen LogP contribution in [0.3, 0.4) is 0 Å². The highest BCUT2D eigenvalue weighted by molar-refractivity contribution is 5.81. The summed E-state index contributed by atoms with van der Waals surface area (Å²) in [5.41, 5.74) is 6.23. The molecule has 0 aliphatic carbocycles. The second-order valence-corrected chi connectivity index (χ2v) is 5.28. The van der Waals surface area contributed by atoms with E-state index in [0.29, 0.717) is 19.3 Å². The van der Waals surface area contributed by atoms with E-state index in [-0.39, 0.29) is 12.5 Å². The van der Waals surface area contributed by atoms with Crippen molar-refractivity contribution in [1.82, 2.24) is 5.32 Å². The van der Waals surface area contributed by atoms with E-state index in [9.17, 15) is 9.90 Å². The Morgan fingerprint density at radius 3 is 2.45 bits per heavy atom. The normalized spacial score (nSPS) is 13.0. The Balaban J connectivity index is 2.36. The molecule has 0 saturated carbocycles. The molecule has 4 N–H and O–H groups in total. The van der Waals surface area contributed by atoms with E-state index in [2.05, 4.69) is 5.32 Å². The number of carbonyl (C=O) groups excluding carboxylic acids is 1. The van der Waals surface area contributed by atoms with Crippen LogP contribution in [-0.4, -0.2) is 29.2 Å². The lowest BCUT2D eigenvalue weighted by molar-refractivity contribution is -0.123. The summed E-state index contributed by atoms with van der Waals surface area (Å²) in [5.74, 6) is -0.193. The van der Waals surface area contributed by atoms with E-state index in [1.165, 1.54) is 5.56 Å². The third-order valence-electron chi connectivity index (χ3n) is 3.83. The number of rotatable bonds is 8. The van der Waals surface area contributed by atoms with Gasteiger partial charge in [-0.3, -0.25) is 4.79 Å². The maximum atomic E-state index is 11.9. The Hall–Kier alpha value is -1.39. The zero-order valence-electron chi connectivity index (χ0n) is 12.4. The zero-order valence-corrected chi connectivity index (χ0v) is 12.4. The van der Waals surface area contributed by atoms with Gasteiger partial charge in [-0.25, -0.2) is 0 Å². The number of benzene rings is 1. The van der Waals surface area contributed by atoms with Gasteiger partial charge in [0.15, 0.2) is 0 Å². The van der Waals surface area contributed by atoms with Crippen LogP contribution in [0.1, 0.15) is 38.7 Å². The molecule has 0 aliphatic rings. The van der Waals surface area contributed by atoms with Gasteiger partial charge in [-0.1, -0.05) is 44.2 Å². The first-order valence-corrected chi connectivity index (χ1v) is 7.30. The Bertz CT molecular complexity index is 402. The van der Waals surface area contributed by atoms with Gasteiger partial charge in [0, 0.05) is 6.54 Å². The van der Waals surface area contributed by atoms with Gasteiger partial charge in [0.2, 0.25) is 5.91 Å². The Kier molecular flexibility index (Phi) is 6.68. The molecule has 1 amide bonds. The highest BCUT2D eigenvalue weighted by Gasteiger charge is 2.24. The molecule has 1 aromatic rings. The minimum Gasteiger partial charge on any atom is -0.388 e. The first-order chi connectivity index (χ1) is 9.50. The summed E-state index contributed by atoms with van der Waals surface area (Å²) in [6, 6.07) is 9.43. The molecule has 0 radical (unpaired) electrons. The summed E-state index contributed by atoms with van der Waals surface area (Å²) in [5, 5.41) is 12.9. The monoisotopic (exact) mass is 278 g/mol. The maximum absolute atomic E-state index is 11.9. The molecule has 0 aromatic heterocycles. The fourth-order valence-corrected chi connectivity index (χ4v) is 1.98. The first kappa shape index (κ1) is 16.7. The number of hydrogen-bond acceptors (Lipinski definition) is 3. The molecule has 0 saturated heterocycles. The van der Waals surface area contributed by atoms with Crippen LogP contribution in [0.2, 0.25) is 0 Å². The highest BCUT2D eigenvalue weighted by Crippen LogP contribution is 2.13. The van der Waals surface area contributed by atoms with Crippen molar-refractivity contribution < 1.29 is 9.90 Å². The average molecular weight is 278 g/mol. The molecular formula is C16H26N2O2. The number of hydrogen-bond donors (Lipinski definition) is 3. The largest absolute Gasteiger partial charge is 0.388 e. The second kappa shape index (κ2) is 8.02. The van der Waals surface area contributed by atoms with E-state index >= 15 is 0 Å². The number of nitrogens with one attached hydrogen (secondary N) is 1. The third kappa shape index (κ3) is 5.31. The molecule has 0 fully saturated rings. The van der Waals surface area contributed by atoms with Crippen molar-refractivity contribution in [2.75, 3.05) is 6.54 Å². The molecule has 112 valence electrons. The molecule has 4 nitrogen and oxygen atoms in total. The number of aliphatic hydroxyl groups is 1. The number of carbonyl (C=O) groups is 1. The van der Waals surface area contributed by atoms with Gasteiger partial charge in [0.25, 0.3) is 0 Å². The van der Waals surface area contributed by atoms with Crippen LogP contribution in [0.15, 0.2) is 30.3 Å². The number of amides is 1. The average Bonchev–Trinajstić information content (AvgIpc) is 2.50. The van der Waals surface area contributed by atoms with Crippen molar-refractivity contribution in [2.24, 2.45) is 5.73 Å². The van der Waals surface area contributed by atoms with Crippen molar-refractivity contribution in [1.29, 1.82) is 0 Å². The molecule has 1 aromatic carbocycles. The third-order valence-corrected chi connectivity index (χ3v) is 3.83. The topological polar surface area (TPSA) is 75.3 Å². The lowest BCUT2D eigenvalue weighted by Crippen LogP contribution is -2.48. The molecule has 0 aliphatic heterocycles. The standard InChI is InChI=1S/C16H26N2O2/c1-3-16(20,4-2)12-18-15(19)14(17)11-10-13-8-6-5-7-9-13/h5-9,14,20H,3-4,10-12,17H2,1-2H3,(H,18,19). The van der Waals surface area contributed by atoms with Gasteiger partial charge < -0.3 is 16.2 Å². The molecule has 1 rings (SSSR count). The Morgan fingerprint density at radius 1 is 1.30 bits per heavy atom. The summed E-state index contributed by atoms with van der Waals surface area (Å²) in [4.78, 5) is 11.9. The van der Waals surface area contributed by atoms with Gasteiger partial charge in [0.1, 0.15) is 0 Å². The van der Waals surface area contributed by atoms with Gasteiger partial charge in [-0.05, 0) is 31.2 Å². The predicted molar refractivity (Wildman–Crippen MR) is 81.3 cm³/mol. The maximum Gasteiger partial charge on any atom is 0.237 e. The fourth-order valence-electron chi connectivity index (χ4n) is 1.98. The van der Waals surface area contributed by atoms with Crippen LogP contribution >= 0.6 is 0 Å². The Morgan fingerprint density at radius 2 is 1.90 bits per heavy atom. The lowest BCUT2D eigenvalue weighted by Gasteiger charge is -2.26. The van der Waals surface area contributed by atoms with Crippen molar-refractivity contribution in [3.63, 3.8) is 0 Å². The minimum atomic E-state index is -0.825. The summed E-state index contributed by atoms with van der Waals surface area (Å²) >= 11 is 0. The van der Waals surface area contributed by atoms with E-state index in [1.807, 2.05) is 44.2 Å². The second-order valence-electron chi connectivity index (χ2n) is 5.28. The van der Waals surface area contributed by atoms with Gasteiger partial charge >= 0.3 is 0 Å². The van der Waals surface area contributed by atoms with Crippen LogP contribution in [-0.2, 0) is 11.2 Å². The van der Waals surface area contributed by atoms with Crippen LogP contribution in [0, 0.1) is 0 Å². The highest BCUT2D eigenvalue weighted by atomic mass is 16.3. The predicted octanol–water partition coefficient (Wildman–Crippen LogP) is 1.61. The molecule has 0 heterocycles. The molecule has 20 heavy (non-hydrogen) atoms. The van der Waals surface area contributed by atoms with Gasteiger partial charge in [-0.15, -0.1) is 0 Å². The molecule has 4 heteroatoms. The zero-order chi connectivity index (χ0) is 15.0. The molecule has 0 spiro atoms. The summed E-state index contributed by atoms with van der Waals surface area (Å²) < 4.78 is 0.